The van der Waals surface area contributed by atoms with Crippen LogP contribution in [0.3, 0.4) is 0 Å². The van der Waals surface area contributed by atoms with Crippen molar-refractivity contribution < 1.29 is 32.8 Å². The van der Waals surface area contributed by atoms with Gasteiger partial charge in [-0.3, -0.25) is 9.36 Å². The highest BCUT2D eigenvalue weighted by atomic mass is 32.5. The molecule has 1 aliphatic heterocycles. The summed E-state index contributed by atoms with van der Waals surface area (Å²) in [6.07, 6.45) is -3.12. The summed E-state index contributed by atoms with van der Waals surface area (Å²) in [6.45, 7) is 2.42. The number of nitrogens with one attached hydrogen (secondary N) is 2. The maximum atomic E-state index is 16.0. The number of aromatic nitrogens is 4. The smallest absolute Gasteiger partial charge is 0.323 e. The maximum Gasteiger partial charge on any atom is 0.323 e. The topological polar surface area (TPSA) is 168 Å². The highest BCUT2D eigenvalue weighted by molar-refractivity contribution is 8.09. The van der Waals surface area contributed by atoms with E-state index in [0.29, 0.717) is 17.1 Å². The fourth-order valence-electron chi connectivity index (χ4n) is 4.14. The molecule has 40 heavy (non-hydrogen) atoms. The highest BCUT2D eigenvalue weighted by Gasteiger charge is 2.56. The van der Waals surface area contributed by atoms with Gasteiger partial charge in [-0.2, -0.15) is 9.97 Å². The number of nitrogens with two attached hydrogens (primary N) is 1. The largest absolute Gasteiger partial charge is 0.462 e. The van der Waals surface area contributed by atoms with Gasteiger partial charge in [-0.15, -0.1) is 0 Å². The number of fused-ring (bicyclic) bond motifs is 1. The quantitative estimate of drug-likeness (QED) is 0.188. The molecule has 0 amide bonds. The number of carbonyl (C=O) groups excluding carboxylic acids is 1. The van der Waals surface area contributed by atoms with Crippen molar-refractivity contribution in [1.29, 1.82) is 0 Å². The zero-order valence-corrected chi connectivity index (χ0v) is 24.4. The van der Waals surface area contributed by atoms with E-state index < -0.39 is 42.8 Å². The van der Waals surface area contributed by atoms with Gasteiger partial charge < -0.3 is 34.7 Å². The van der Waals surface area contributed by atoms with Crippen LogP contribution in [-0.2, 0) is 30.6 Å². The molecule has 1 unspecified atom stereocenters. The molecule has 6 atom stereocenters. The van der Waals surface area contributed by atoms with E-state index in [-0.39, 0.29) is 24.3 Å². The number of alkyl halides is 1. The molecule has 0 spiro atoms. The summed E-state index contributed by atoms with van der Waals surface area (Å²) in [7, 11) is 1.64. The number of para-hydroxylation sites is 1. The Hall–Kier alpha value is -2.94. The summed E-state index contributed by atoms with van der Waals surface area (Å²) in [5, 5.41) is 16.7. The molecule has 5 N–H and O–H groups in total. The van der Waals surface area contributed by atoms with Crippen molar-refractivity contribution >= 4 is 47.3 Å². The van der Waals surface area contributed by atoms with Crippen molar-refractivity contribution in [3.05, 3.63) is 36.7 Å². The first-order valence-electron chi connectivity index (χ1n) is 12.5. The number of nitrogen functional groups attached to an aromatic ring is 1. The number of esters is 1. The standard InChI is InChI=1S/C24H33FN7O6PS/c1-13(2)36-21(34)14(3)31-39(40,38-15-9-7-6-8-10-15)35-11-16-18(33)24(4,25)22(37-16)32-12-28-17-19(27-5)29-23(26)30-20(17)32/h6-10,12-14,16,18,22,33H,11H2,1-5H3,(H,31,40)(H3,26,27,29,30)/t14?,16-,18-,22-,24-,39-/m1/s1. The first kappa shape index (κ1) is 30.0. The number of nitrogens with zero attached hydrogens (tertiary/aromatic N) is 4. The van der Waals surface area contributed by atoms with Gasteiger partial charge in [0.1, 0.15) is 24.0 Å². The van der Waals surface area contributed by atoms with Gasteiger partial charge in [-0.05, 0) is 51.6 Å². The number of anilines is 2. The van der Waals surface area contributed by atoms with Gasteiger partial charge in [-0.25, -0.2) is 14.5 Å². The molecular weight excluding hydrogens is 564 g/mol. The molecule has 1 saturated heterocycles. The number of carbonyl (C=O) groups is 1. The molecule has 13 nitrogen and oxygen atoms in total. The molecule has 0 bridgehead atoms. The number of rotatable bonds is 11. The number of aliphatic hydroxyl groups is 1. The summed E-state index contributed by atoms with van der Waals surface area (Å²) in [5.41, 5.74) is 4.11. The molecule has 218 valence electrons. The molecule has 1 aromatic carbocycles. The fourth-order valence-corrected chi connectivity index (χ4v) is 6.55. The van der Waals surface area contributed by atoms with E-state index in [4.69, 9.17) is 36.1 Å². The molecule has 16 heteroatoms. The molecular formula is C24H33FN7O6PS. The zero-order valence-electron chi connectivity index (χ0n) is 22.6. The van der Waals surface area contributed by atoms with Gasteiger partial charge >= 0.3 is 12.6 Å². The molecule has 1 fully saturated rings. The van der Waals surface area contributed by atoms with Gasteiger partial charge in [0.25, 0.3) is 0 Å². The molecule has 0 aliphatic carbocycles. The van der Waals surface area contributed by atoms with Gasteiger partial charge in [0.15, 0.2) is 28.9 Å². The predicted octanol–water partition coefficient (Wildman–Crippen LogP) is 2.69. The van der Waals surface area contributed by atoms with Crippen molar-refractivity contribution in [2.24, 2.45) is 0 Å². The van der Waals surface area contributed by atoms with Crippen LogP contribution in [0.4, 0.5) is 16.2 Å². The van der Waals surface area contributed by atoms with Crippen LogP contribution in [0.25, 0.3) is 11.2 Å². The minimum atomic E-state index is -3.45. The number of hydrogen-bond acceptors (Lipinski definition) is 12. The number of hydrogen-bond donors (Lipinski definition) is 4. The third-order valence-corrected chi connectivity index (χ3v) is 8.58. The minimum Gasteiger partial charge on any atom is -0.462 e. The third kappa shape index (κ3) is 6.35. The lowest BCUT2D eigenvalue weighted by atomic mass is 9.98. The summed E-state index contributed by atoms with van der Waals surface area (Å²) in [4.78, 5) is 25.0. The van der Waals surface area contributed by atoms with E-state index in [9.17, 15) is 9.90 Å². The van der Waals surface area contributed by atoms with Crippen molar-refractivity contribution in [1.82, 2.24) is 24.6 Å². The summed E-state index contributed by atoms with van der Waals surface area (Å²) < 4.78 is 40.5. The Morgan fingerprint density at radius 1 is 1.32 bits per heavy atom. The SMILES string of the molecule is CNc1nc(N)nc2c1ncn2[C@@H]1O[C@H](CO[P@](=S)(NC(C)C(=O)OC(C)C)Oc2ccccc2)[C@@H](O)[C@@]1(C)F. The number of benzene rings is 1. The van der Waals surface area contributed by atoms with Crippen molar-refractivity contribution in [3.8, 4) is 5.75 Å². The minimum absolute atomic E-state index is 0.0486. The van der Waals surface area contributed by atoms with Crippen LogP contribution in [0.15, 0.2) is 36.7 Å². The molecule has 0 saturated carbocycles. The van der Waals surface area contributed by atoms with E-state index in [1.807, 2.05) is 0 Å². The van der Waals surface area contributed by atoms with E-state index in [1.165, 1.54) is 17.8 Å². The third-order valence-electron chi connectivity index (χ3n) is 6.08. The molecule has 4 rings (SSSR count). The second kappa shape index (κ2) is 11.9. The zero-order chi connectivity index (χ0) is 29.2. The van der Waals surface area contributed by atoms with E-state index >= 15 is 4.39 Å². The Kier molecular flexibility index (Phi) is 8.93. The second-order valence-electron chi connectivity index (χ2n) is 9.66. The number of aliphatic hydroxyl groups excluding tert-OH is 1. The van der Waals surface area contributed by atoms with Gasteiger partial charge in [-0.1, -0.05) is 18.2 Å². The average molecular weight is 598 g/mol. The van der Waals surface area contributed by atoms with Gasteiger partial charge in [0, 0.05) is 7.05 Å². The Bertz CT molecular complexity index is 1390. The predicted molar refractivity (Wildman–Crippen MR) is 150 cm³/mol. The van der Waals surface area contributed by atoms with Crippen LogP contribution in [0.1, 0.15) is 33.9 Å². The van der Waals surface area contributed by atoms with Crippen LogP contribution in [0, 0.1) is 0 Å². The van der Waals surface area contributed by atoms with E-state index in [1.54, 1.807) is 58.2 Å². The normalized spacial score (nSPS) is 25.1. The average Bonchev–Trinajstić information content (AvgIpc) is 3.40. The molecule has 1 aliphatic rings. The van der Waals surface area contributed by atoms with Gasteiger partial charge in [0.2, 0.25) is 5.95 Å². The highest BCUT2D eigenvalue weighted by Crippen LogP contribution is 2.48. The van der Waals surface area contributed by atoms with Crippen molar-refractivity contribution in [2.75, 3.05) is 24.7 Å². The summed E-state index contributed by atoms with van der Waals surface area (Å²) in [5.74, 6) is 0.154. The van der Waals surface area contributed by atoms with Crippen molar-refractivity contribution in [3.63, 3.8) is 0 Å². The lowest BCUT2D eigenvalue weighted by Gasteiger charge is -2.28. The van der Waals surface area contributed by atoms with Crippen LogP contribution < -0.4 is 20.7 Å². The fraction of sp³-hybridized carbons (Fsp3) is 0.500. The number of imidazole rings is 1. The number of ether oxygens (including phenoxy) is 2. The van der Waals surface area contributed by atoms with Gasteiger partial charge in [0.05, 0.1) is 19.0 Å². The first-order valence-corrected chi connectivity index (χ1v) is 15.2. The molecule has 3 heterocycles. The molecule has 3 aromatic rings. The number of halogens is 1. The van der Waals surface area contributed by atoms with Crippen LogP contribution in [-0.4, -0.2) is 74.3 Å². The van der Waals surface area contributed by atoms with Crippen LogP contribution in [0.5, 0.6) is 5.75 Å². The monoisotopic (exact) mass is 597 g/mol. The maximum absolute atomic E-state index is 16.0. The Balaban J connectivity index is 1.56. The van der Waals surface area contributed by atoms with E-state index in [2.05, 4.69) is 25.4 Å². The van der Waals surface area contributed by atoms with Crippen molar-refractivity contribution in [2.45, 2.75) is 63.9 Å². The Labute approximate surface area is 235 Å². The first-order chi connectivity index (χ1) is 18.8. The Morgan fingerprint density at radius 2 is 2.02 bits per heavy atom. The lowest BCUT2D eigenvalue weighted by Crippen LogP contribution is -2.41. The summed E-state index contributed by atoms with van der Waals surface area (Å²) >= 11 is 5.70. The van der Waals surface area contributed by atoms with Crippen LogP contribution in [0.2, 0.25) is 0 Å². The Morgan fingerprint density at radius 3 is 2.67 bits per heavy atom. The lowest BCUT2D eigenvalue weighted by molar-refractivity contribution is -0.149. The molecule has 2 aromatic heterocycles. The summed E-state index contributed by atoms with van der Waals surface area (Å²) in [6, 6.07) is 7.77. The second-order valence-corrected chi connectivity index (χ2v) is 12.8. The van der Waals surface area contributed by atoms with E-state index in [0.717, 1.165) is 0 Å². The molecule has 0 radical (unpaired) electrons. The van der Waals surface area contributed by atoms with Crippen LogP contribution >= 0.6 is 6.64 Å².